The molecule has 1 aromatic carbocycles. The Balaban J connectivity index is 2.01. The molecule has 1 saturated heterocycles. The third kappa shape index (κ3) is 5.92. The molecule has 2 aliphatic rings. The predicted molar refractivity (Wildman–Crippen MR) is 130 cm³/mol. The number of hydrogen-bond donors (Lipinski definition) is 0. The first-order chi connectivity index (χ1) is 16.5. The Bertz CT molecular complexity index is 943. The molecule has 0 bridgehead atoms. The summed E-state index contributed by atoms with van der Waals surface area (Å²) in [5.74, 6) is -0.00712. The van der Waals surface area contributed by atoms with Crippen molar-refractivity contribution in [3.8, 4) is 17.2 Å². The monoisotopic (exact) mass is 490 g/mol. The normalized spacial score (nSPS) is 29.8. The second-order valence-electron chi connectivity index (χ2n) is 9.90. The molecule has 5 unspecified atom stereocenters. The summed E-state index contributed by atoms with van der Waals surface area (Å²) in [7, 11) is 4.49. The van der Waals surface area contributed by atoms with Gasteiger partial charge in [-0.3, -0.25) is 4.79 Å². The van der Waals surface area contributed by atoms with Gasteiger partial charge in [0.1, 0.15) is 18.3 Å². The van der Waals surface area contributed by atoms with E-state index >= 15 is 0 Å². The van der Waals surface area contributed by atoms with Gasteiger partial charge in [0.2, 0.25) is 5.75 Å². The van der Waals surface area contributed by atoms with Crippen molar-refractivity contribution in [2.24, 2.45) is 11.8 Å². The van der Waals surface area contributed by atoms with Gasteiger partial charge in [-0.1, -0.05) is 25.5 Å². The van der Waals surface area contributed by atoms with E-state index in [1.54, 1.807) is 12.1 Å². The van der Waals surface area contributed by atoms with Crippen molar-refractivity contribution in [2.75, 3.05) is 21.3 Å². The Labute approximate surface area is 207 Å². The van der Waals surface area contributed by atoms with E-state index in [9.17, 15) is 9.59 Å². The maximum Gasteiger partial charge on any atom is 0.338 e. The number of benzene rings is 1. The van der Waals surface area contributed by atoms with Crippen LogP contribution in [0.25, 0.3) is 0 Å². The number of carbonyl (C=O) groups excluding carboxylic acids is 2. The number of allylic oxidation sites excluding steroid dienone is 1. The average molecular weight is 491 g/mol. The molecule has 8 nitrogen and oxygen atoms in total. The van der Waals surface area contributed by atoms with Crippen LogP contribution < -0.4 is 14.2 Å². The zero-order valence-corrected chi connectivity index (χ0v) is 22.0. The summed E-state index contributed by atoms with van der Waals surface area (Å²) in [5.41, 5.74) is 0.989. The maximum absolute atomic E-state index is 13.5. The number of esters is 2. The first-order valence-electron chi connectivity index (χ1n) is 12.1. The van der Waals surface area contributed by atoms with Gasteiger partial charge in [-0.2, -0.15) is 0 Å². The third-order valence-corrected chi connectivity index (χ3v) is 6.94. The topological polar surface area (TPSA) is 92.8 Å². The van der Waals surface area contributed by atoms with Crippen molar-refractivity contribution >= 4 is 11.9 Å². The zero-order chi connectivity index (χ0) is 25.9. The van der Waals surface area contributed by atoms with Crippen molar-refractivity contribution in [2.45, 2.75) is 77.8 Å². The molecule has 5 atom stereocenters. The molecule has 1 fully saturated rings. The van der Waals surface area contributed by atoms with Crippen LogP contribution >= 0.6 is 0 Å². The summed E-state index contributed by atoms with van der Waals surface area (Å²) < 4.78 is 34.3. The molecule has 0 amide bonds. The van der Waals surface area contributed by atoms with Gasteiger partial charge in [-0.15, -0.1) is 0 Å². The smallest absolute Gasteiger partial charge is 0.338 e. The molecule has 0 radical (unpaired) electrons. The van der Waals surface area contributed by atoms with Crippen LogP contribution in [0.4, 0.5) is 0 Å². The summed E-state index contributed by atoms with van der Waals surface area (Å²) in [4.78, 5) is 25.5. The maximum atomic E-state index is 13.5. The van der Waals surface area contributed by atoms with Gasteiger partial charge in [0, 0.05) is 19.3 Å². The van der Waals surface area contributed by atoms with E-state index in [1.807, 2.05) is 27.7 Å². The van der Waals surface area contributed by atoms with Gasteiger partial charge in [-0.05, 0) is 44.7 Å². The lowest BCUT2D eigenvalue weighted by Crippen LogP contribution is -2.45. The van der Waals surface area contributed by atoms with Gasteiger partial charge in [0.15, 0.2) is 11.5 Å². The van der Waals surface area contributed by atoms with E-state index in [1.165, 1.54) is 28.3 Å². The van der Waals surface area contributed by atoms with Crippen LogP contribution in [0.15, 0.2) is 23.8 Å². The molecule has 0 spiro atoms. The Morgan fingerprint density at radius 1 is 1.06 bits per heavy atom. The van der Waals surface area contributed by atoms with Crippen molar-refractivity contribution < 1.29 is 38.0 Å². The first kappa shape index (κ1) is 26.9. The molecule has 194 valence electrons. The zero-order valence-electron chi connectivity index (χ0n) is 22.0. The highest BCUT2D eigenvalue weighted by Gasteiger charge is 2.60. The van der Waals surface area contributed by atoms with Crippen LogP contribution in [0.3, 0.4) is 0 Å². The summed E-state index contributed by atoms with van der Waals surface area (Å²) in [6, 6.07) is 3.13. The van der Waals surface area contributed by atoms with E-state index in [0.29, 0.717) is 23.7 Å². The SMILES string of the molecule is COc1cc(C(=O)OC2C(C(C)C)C(OC(C)=O)C/C(C)=C\CCC3(C)OC23)cc(OC)c1OC. The Hall–Kier alpha value is -2.74. The van der Waals surface area contributed by atoms with Crippen molar-refractivity contribution in [1.82, 2.24) is 0 Å². The fourth-order valence-electron chi connectivity index (χ4n) is 5.10. The lowest BCUT2D eigenvalue weighted by atomic mass is 9.78. The summed E-state index contributed by atoms with van der Waals surface area (Å²) in [5, 5.41) is 0. The number of rotatable bonds is 7. The largest absolute Gasteiger partial charge is 0.493 e. The summed E-state index contributed by atoms with van der Waals surface area (Å²) in [6.45, 7) is 9.59. The molecular formula is C27H38O8. The Kier molecular flexibility index (Phi) is 8.36. The minimum atomic E-state index is -0.609. The van der Waals surface area contributed by atoms with Crippen molar-refractivity contribution in [3.05, 3.63) is 29.3 Å². The van der Waals surface area contributed by atoms with E-state index in [0.717, 1.165) is 18.4 Å². The molecule has 0 aromatic heterocycles. The van der Waals surface area contributed by atoms with Crippen LogP contribution in [0.2, 0.25) is 0 Å². The minimum absolute atomic E-state index is 0.0535. The lowest BCUT2D eigenvalue weighted by Gasteiger charge is -2.36. The van der Waals surface area contributed by atoms with Gasteiger partial charge < -0.3 is 28.4 Å². The number of epoxide rings is 1. The highest BCUT2D eigenvalue weighted by atomic mass is 16.6. The predicted octanol–water partition coefficient (Wildman–Crippen LogP) is 4.73. The molecule has 8 heteroatoms. The van der Waals surface area contributed by atoms with Crippen LogP contribution in [0.5, 0.6) is 17.2 Å². The molecule has 1 heterocycles. The molecule has 1 aliphatic heterocycles. The number of methoxy groups -OCH3 is 3. The molecule has 3 rings (SSSR count). The van der Waals surface area contributed by atoms with Crippen LogP contribution in [-0.2, 0) is 19.0 Å². The lowest BCUT2D eigenvalue weighted by molar-refractivity contribution is -0.153. The second kappa shape index (κ2) is 10.9. The highest BCUT2D eigenvalue weighted by molar-refractivity contribution is 5.91. The molecule has 1 aliphatic carbocycles. The highest BCUT2D eigenvalue weighted by Crippen LogP contribution is 2.48. The van der Waals surface area contributed by atoms with Crippen LogP contribution in [0.1, 0.15) is 64.2 Å². The molecule has 0 saturated carbocycles. The molecule has 1 aromatic rings. The Morgan fingerprint density at radius 2 is 1.69 bits per heavy atom. The standard InChI is InChI=1S/C27H38O8/c1-15(2)22-19(33-17(4)28)12-16(3)10-9-11-27(5)25(35-27)24(22)34-26(29)18-13-20(30-6)23(32-8)21(14-18)31-7/h10,13-15,19,22,24-25H,9,11-12H2,1-8H3/b16-10-. The van der Waals surface area contributed by atoms with Gasteiger partial charge >= 0.3 is 11.9 Å². The molecule has 35 heavy (non-hydrogen) atoms. The van der Waals surface area contributed by atoms with E-state index in [4.69, 9.17) is 28.4 Å². The fraction of sp³-hybridized carbons (Fsp3) is 0.630. The Morgan fingerprint density at radius 3 is 2.20 bits per heavy atom. The molecular weight excluding hydrogens is 452 g/mol. The number of carbonyl (C=O) groups is 2. The summed E-state index contributed by atoms with van der Waals surface area (Å²) >= 11 is 0. The van der Waals surface area contributed by atoms with Gasteiger partial charge in [0.25, 0.3) is 0 Å². The fourth-order valence-corrected chi connectivity index (χ4v) is 5.10. The van der Waals surface area contributed by atoms with Crippen LogP contribution in [0, 0.1) is 11.8 Å². The summed E-state index contributed by atoms with van der Waals surface area (Å²) in [6.07, 6.45) is 3.05. The second-order valence-corrected chi connectivity index (χ2v) is 9.90. The van der Waals surface area contributed by atoms with Crippen molar-refractivity contribution in [1.29, 1.82) is 0 Å². The first-order valence-corrected chi connectivity index (χ1v) is 12.1. The van der Waals surface area contributed by atoms with Gasteiger partial charge in [0.05, 0.1) is 32.5 Å². The van der Waals surface area contributed by atoms with E-state index in [2.05, 4.69) is 6.08 Å². The molecule has 0 N–H and O–H groups in total. The number of fused-ring (bicyclic) bond motifs is 1. The minimum Gasteiger partial charge on any atom is -0.493 e. The quantitative estimate of drug-likeness (QED) is 0.308. The van der Waals surface area contributed by atoms with E-state index < -0.39 is 23.8 Å². The van der Waals surface area contributed by atoms with E-state index in [-0.39, 0.29) is 29.5 Å². The number of ether oxygens (including phenoxy) is 6. The van der Waals surface area contributed by atoms with Crippen LogP contribution in [-0.4, -0.2) is 57.2 Å². The average Bonchev–Trinajstić information content (AvgIpc) is 3.47. The number of hydrogen-bond acceptors (Lipinski definition) is 8. The van der Waals surface area contributed by atoms with Gasteiger partial charge in [-0.25, -0.2) is 4.79 Å². The van der Waals surface area contributed by atoms with Crippen molar-refractivity contribution in [3.63, 3.8) is 0 Å². The third-order valence-electron chi connectivity index (χ3n) is 6.94.